The van der Waals surface area contributed by atoms with Gasteiger partial charge in [0.1, 0.15) is 0 Å². The summed E-state index contributed by atoms with van der Waals surface area (Å²) in [5.74, 6) is 0.00902. The van der Waals surface area contributed by atoms with Crippen molar-refractivity contribution < 1.29 is 4.79 Å². The van der Waals surface area contributed by atoms with Crippen LogP contribution in [-0.4, -0.2) is 23.9 Å². The maximum Gasteiger partial charge on any atom is 0.251 e. The van der Waals surface area contributed by atoms with Gasteiger partial charge in [-0.25, -0.2) is 0 Å². The molecule has 2 aromatic carbocycles. The molecule has 1 amide bonds. The average Bonchev–Trinajstić information content (AvgIpc) is 2.74. The summed E-state index contributed by atoms with van der Waals surface area (Å²) in [5, 5.41) is 3.17. The van der Waals surface area contributed by atoms with Crippen molar-refractivity contribution in [3.63, 3.8) is 0 Å². The number of piperidine rings is 1. The van der Waals surface area contributed by atoms with E-state index in [1.165, 1.54) is 80.3 Å². The lowest BCUT2D eigenvalue weighted by molar-refractivity contribution is 0.0940. The number of benzene rings is 2. The molecule has 1 aliphatic heterocycles. The molecule has 3 nitrogen and oxygen atoms in total. The highest BCUT2D eigenvalue weighted by Crippen LogP contribution is 2.25. The zero-order chi connectivity index (χ0) is 19.3. The van der Waals surface area contributed by atoms with E-state index in [0.717, 1.165) is 12.1 Å². The molecular formula is C25H32N2O. The molecule has 0 unspecified atom stereocenters. The summed E-state index contributed by atoms with van der Waals surface area (Å²) in [4.78, 5) is 15.2. The maximum atomic E-state index is 12.7. The molecule has 0 aromatic heterocycles. The van der Waals surface area contributed by atoms with Crippen molar-refractivity contribution in [2.45, 2.75) is 64.5 Å². The van der Waals surface area contributed by atoms with Crippen LogP contribution in [0.4, 0.5) is 0 Å². The molecule has 2 aromatic rings. The van der Waals surface area contributed by atoms with E-state index < -0.39 is 0 Å². The highest BCUT2D eigenvalue weighted by Gasteiger charge is 2.15. The van der Waals surface area contributed by atoms with Crippen LogP contribution in [0.2, 0.25) is 0 Å². The van der Waals surface area contributed by atoms with E-state index in [-0.39, 0.29) is 11.9 Å². The van der Waals surface area contributed by atoms with Gasteiger partial charge in [0.05, 0.1) is 6.04 Å². The Morgan fingerprint density at radius 2 is 1.64 bits per heavy atom. The second-order valence-corrected chi connectivity index (χ2v) is 8.46. The Hall–Kier alpha value is -2.13. The Morgan fingerprint density at radius 3 is 2.39 bits per heavy atom. The average molecular weight is 377 g/mol. The molecule has 1 N–H and O–H groups in total. The highest BCUT2D eigenvalue weighted by molar-refractivity contribution is 5.94. The minimum atomic E-state index is 0.00902. The van der Waals surface area contributed by atoms with Gasteiger partial charge in [-0.2, -0.15) is 0 Å². The van der Waals surface area contributed by atoms with Crippen molar-refractivity contribution in [2.24, 2.45) is 0 Å². The Balaban J connectivity index is 1.36. The smallest absolute Gasteiger partial charge is 0.251 e. The van der Waals surface area contributed by atoms with Crippen molar-refractivity contribution in [3.05, 3.63) is 70.3 Å². The van der Waals surface area contributed by atoms with E-state index >= 15 is 0 Å². The van der Waals surface area contributed by atoms with E-state index in [1.54, 1.807) is 0 Å². The quantitative estimate of drug-likeness (QED) is 0.793. The predicted molar refractivity (Wildman–Crippen MR) is 115 cm³/mol. The molecule has 4 rings (SSSR count). The molecule has 3 heteroatoms. The zero-order valence-electron chi connectivity index (χ0n) is 17.0. The van der Waals surface area contributed by atoms with Crippen molar-refractivity contribution in [3.8, 4) is 0 Å². The number of hydrogen-bond acceptors (Lipinski definition) is 2. The van der Waals surface area contributed by atoms with Crippen molar-refractivity contribution >= 4 is 5.91 Å². The fourth-order valence-electron chi connectivity index (χ4n) is 4.52. The summed E-state index contributed by atoms with van der Waals surface area (Å²) in [6.45, 7) is 5.46. The van der Waals surface area contributed by atoms with Gasteiger partial charge in [0.2, 0.25) is 0 Å². The van der Waals surface area contributed by atoms with Gasteiger partial charge in [0, 0.05) is 12.1 Å². The first-order valence-electron chi connectivity index (χ1n) is 10.9. The summed E-state index contributed by atoms with van der Waals surface area (Å²) >= 11 is 0. The Morgan fingerprint density at radius 1 is 0.929 bits per heavy atom. The number of fused-ring (bicyclic) bond motifs is 1. The van der Waals surface area contributed by atoms with Crippen LogP contribution in [0.25, 0.3) is 0 Å². The van der Waals surface area contributed by atoms with Gasteiger partial charge in [0.25, 0.3) is 5.91 Å². The first-order valence-corrected chi connectivity index (χ1v) is 10.9. The number of hydrogen-bond donors (Lipinski definition) is 1. The molecule has 1 aliphatic carbocycles. The lowest BCUT2D eigenvalue weighted by Crippen LogP contribution is -2.29. The number of likely N-dealkylation sites (tertiary alicyclic amines) is 1. The van der Waals surface area contributed by atoms with Gasteiger partial charge < -0.3 is 5.32 Å². The summed E-state index contributed by atoms with van der Waals surface area (Å²) in [6.07, 6.45) is 8.91. The first kappa shape index (κ1) is 19.2. The predicted octanol–water partition coefficient (Wildman–Crippen LogP) is 5.04. The molecule has 0 bridgehead atoms. The number of aryl methyl sites for hydroxylation is 2. The molecule has 28 heavy (non-hydrogen) atoms. The number of amides is 1. The fourth-order valence-corrected chi connectivity index (χ4v) is 4.52. The first-order chi connectivity index (χ1) is 13.7. The largest absolute Gasteiger partial charge is 0.346 e. The molecule has 1 heterocycles. The Labute approximate surface area is 169 Å². The third kappa shape index (κ3) is 4.64. The topological polar surface area (TPSA) is 32.3 Å². The second kappa shape index (κ2) is 8.91. The van der Waals surface area contributed by atoms with Crippen LogP contribution in [0.3, 0.4) is 0 Å². The molecule has 0 saturated carbocycles. The second-order valence-electron chi connectivity index (χ2n) is 8.46. The molecule has 1 saturated heterocycles. The van der Waals surface area contributed by atoms with Gasteiger partial charge >= 0.3 is 0 Å². The van der Waals surface area contributed by atoms with Crippen molar-refractivity contribution in [2.75, 3.05) is 13.1 Å². The number of rotatable bonds is 5. The number of carbonyl (C=O) groups is 1. The summed E-state index contributed by atoms with van der Waals surface area (Å²) in [5.41, 5.74) is 6.19. The van der Waals surface area contributed by atoms with Crippen molar-refractivity contribution in [1.29, 1.82) is 0 Å². The van der Waals surface area contributed by atoms with E-state index in [1.807, 2.05) is 12.1 Å². The lowest BCUT2D eigenvalue weighted by atomic mass is 9.89. The van der Waals surface area contributed by atoms with Crippen LogP contribution in [0.1, 0.15) is 77.7 Å². The van der Waals surface area contributed by atoms with Gasteiger partial charge in [-0.05, 0) is 92.9 Å². The van der Waals surface area contributed by atoms with Gasteiger partial charge in [-0.15, -0.1) is 0 Å². The zero-order valence-corrected chi connectivity index (χ0v) is 17.0. The molecule has 1 fully saturated rings. The minimum Gasteiger partial charge on any atom is -0.346 e. The van der Waals surface area contributed by atoms with E-state index in [2.05, 4.69) is 47.5 Å². The third-order valence-corrected chi connectivity index (χ3v) is 6.29. The van der Waals surface area contributed by atoms with Crippen LogP contribution in [0, 0.1) is 0 Å². The number of carbonyl (C=O) groups excluding carboxylic acids is 1. The maximum absolute atomic E-state index is 12.7. The minimum absolute atomic E-state index is 0.00902. The summed E-state index contributed by atoms with van der Waals surface area (Å²) < 4.78 is 0. The van der Waals surface area contributed by atoms with Crippen LogP contribution in [-0.2, 0) is 19.4 Å². The summed E-state index contributed by atoms with van der Waals surface area (Å²) in [7, 11) is 0. The molecule has 1 atom stereocenters. The lowest BCUT2D eigenvalue weighted by Gasteiger charge is -2.26. The summed E-state index contributed by atoms with van der Waals surface area (Å²) in [6, 6.07) is 14.9. The third-order valence-electron chi connectivity index (χ3n) is 6.29. The highest BCUT2D eigenvalue weighted by atomic mass is 16.1. The van der Waals surface area contributed by atoms with E-state index in [0.29, 0.717) is 0 Å². The standard InChI is InChI=1S/C25H32N2O/c1-19(23-14-13-21-7-3-4-8-24(21)17-23)26-25(28)22-11-9-20(10-12-22)18-27-15-5-2-6-16-27/h9-14,17,19H,2-8,15-16,18H2,1H3,(H,26,28)/t19-/m1/s1. The molecular weight excluding hydrogens is 344 g/mol. The normalized spacial score (nSPS) is 18.3. The van der Waals surface area contributed by atoms with Crippen LogP contribution in [0.15, 0.2) is 42.5 Å². The van der Waals surface area contributed by atoms with Gasteiger partial charge in [-0.1, -0.05) is 36.8 Å². The SMILES string of the molecule is C[C@@H](NC(=O)c1ccc(CN2CCCCC2)cc1)c1ccc2c(c1)CCCC2. The molecule has 148 valence electrons. The molecule has 0 radical (unpaired) electrons. The van der Waals surface area contributed by atoms with Crippen LogP contribution < -0.4 is 5.32 Å². The van der Waals surface area contributed by atoms with Crippen LogP contribution >= 0.6 is 0 Å². The van der Waals surface area contributed by atoms with E-state index in [4.69, 9.17) is 0 Å². The number of nitrogens with zero attached hydrogens (tertiary/aromatic N) is 1. The molecule has 0 spiro atoms. The van der Waals surface area contributed by atoms with Crippen molar-refractivity contribution in [1.82, 2.24) is 10.2 Å². The Kier molecular flexibility index (Phi) is 6.11. The molecule has 2 aliphatic rings. The van der Waals surface area contributed by atoms with E-state index in [9.17, 15) is 4.79 Å². The van der Waals surface area contributed by atoms with Crippen LogP contribution in [0.5, 0.6) is 0 Å². The fraction of sp³-hybridized carbons (Fsp3) is 0.480. The van der Waals surface area contributed by atoms with Gasteiger partial charge in [0.15, 0.2) is 0 Å². The van der Waals surface area contributed by atoms with Gasteiger partial charge in [-0.3, -0.25) is 9.69 Å². The Bertz CT molecular complexity index is 806. The monoisotopic (exact) mass is 376 g/mol. The number of nitrogens with one attached hydrogen (secondary N) is 1.